The van der Waals surface area contributed by atoms with Crippen LogP contribution in [0, 0.1) is 0 Å². The van der Waals surface area contributed by atoms with Crippen molar-refractivity contribution in [3.63, 3.8) is 0 Å². The van der Waals surface area contributed by atoms with Crippen molar-refractivity contribution >= 4 is 29.4 Å². The minimum absolute atomic E-state index is 0.220. The van der Waals surface area contributed by atoms with Crippen molar-refractivity contribution in [2.24, 2.45) is 5.10 Å². The van der Waals surface area contributed by atoms with Crippen molar-refractivity contribution in [3.05, 3.63) is 57.8 Å². The second kappa shape index (κ2) is 6.63. The van der Waals surface area contributed by atoms with Crippen molar-refractivity contribution in [2.45, 2.75) is 6.42 Å². The minimum Gasteiger partial charge on any atom is -0.477 e. The van der Waals surface area contributed by atoms with Gasteiger partial charge in [-0.25, -0.2) is 10.2 Å². The van der Waals surface area contributed by atoms with Gasteiger partial charge in [0.05, 0.1) is 12.6 Å². The zero-order valence-corrected chi connectivity index (χ0v) is 11.3. The van der Waals surface area contributed by atoms with Gasteiger partial charge in [-0.15, -0.1) is 11.3 Å². The van der Waals surface area contributed by atoms with E-state index in [9.17, 15) is 9.59 Å². The van der Waals surface area contributed by atoms with E-state index in [0.717, 1.165) is 16.9 Å². The maximum absolute atomic E-state index is 11.6. The van der Waals surface area contributed by atoms with Gasteiger partial charge < -0.3 is 5.11 Å². The predicted molar refractivity (Wildman–Crippen MR) is 77.2 cm³/mol. The van der Waals surface area contributed by atoms with Crippen LogP contribution < -0.4 is 5.43 Å². The number of nitrogens with one attached hydrogen (secondary N) is 1. The summed E-state index contributed by atoms with van der Waals surface area (Å²) in [6.45, 7) is 0. The highest BCUT2D eigenvalue weighted by atomic mass is 32.1. The third-order valence-electron chi connectivity index (χ3n) is 2.43. The van der Waals surface area contributed by atoms with Gasteiger partial charge in [-0.2, -0.15) is 5.10 Å². The second-order valence-corrected chi connectivity index (χ2v) is 5.08. The SMILES string of the molecule is O=C(Cc1ccccc1)N/N=C/c1ccc(C(=O)O)s1. The van der Waals surface area contributed by atoms with Crippen LogP contribution in [0.15, 0.2) is 47.6 Å². The lowest BCUT2D eigenvalue weighted by atomic mass is 10.1. The fraction of sp³-hybridized carbons (Fsp3) is 0.0714. The summed E-state index contributed by atoms with van der Waals surface area (Å²) >= 11 is 1.10. The molecule has 2 N–H and O–H groups in total. The lowest BCUT2D eigenvalue weighted by Crippen LogP contribution is -2.19. The molecule has 0 fully saturated rings. The van der Waals surface area contributed by atoms with Gasteiger partial charge in [0.2, 0.25) is 5.91 Å². The van der Waals surface area contributed by atoms with E-state index < -0.39 is 5.97 Å². The number of hydrogen-bond donors (Lipinski definition) is 2. The largest absolute Gasteiger partial charge is 0.477 e. The molecule has 1 amide bonds. The highest BCUT2D eigenvalue weighted by Gasteiger charge is 2.05. The summed E-state index contributed by atoms with van der Waals surface area (Å²) < 4.78 is 0. The van der Waals surface area contributed by atoms with Crippen molar-refractivity contribution in [2.75, 3.05) is 0 Å². The molecule has 1 aromatic carbocycles. The molecule has 0 aliphatic heterocycles. The van der Waals surface area contributed by atoms with Crippen LogP contribution in [0.2, 0.25) is 0 Å². The summed E-state index contributed by atoms with van der Waals surface area (Å²) in [5.41, 5.74) is 3.31. The van der Waals surface area contributed by atoms with Crippen LogP contribution >= 0.6 is 11.3 Å². The van der Waals surface area contributed by atoms with Crippen LogP contribution in [0.5, 0.6) is 0 Å². The van der Waals surface area contributed by atoms with Gasteiger partial charge >= 0.3 is 5.97 Å². The van der Waals surface area contributed by atoms with Gasteiger partial charge in [0, 0.05) is 4.88 Å². The van der Waals surface area contributed by atoms with E-state index in [1.165, 1.54) is 12.3 Å². The molecule has 2 aromatic rings. The lowest BCUT2D eigenvalue weighted by molar-refractivity contribution is -0.120. The van der Waals surface area contributed by atoms with E-state index in [2.05, 4.69) is 10.5 Å². The summed E-state index contributed by atoms with van der Waals surface area (Å²) in [5.74, 6) is -1.19. The molecule has 0 atom stereocenters. The van der Waals surface area contributed by atoms with E-state index in [1.807, 2.05) is 30.3 Å². The molecule has 2 rings (SSSR count). The highest BCUT2D eigenvalue weighted by molar-refractivity contribution is 7.15. The van der Waals surface area contributed by atoms with Gasteiger partial charge in [0.1, 0.15) is 4.88 Å². The van der Waals surface area contributed by atoms with Crippen LogP contribution in [-0.2, 0) is 11.2 Å². The third-order valence-corrected chi connectivity index (χ3v) is 3.43. The molecule has 20 heavy (non-hydrogen) atoms. The number of aromatic carboxylic acids is 1. The molecule has 0 saturated carbocycles. The molecule has 0 spiro atoms. The smallest absolute Gasteiger partial charge is 0.345 e. The van der Waals surface area contributed by atoms with Gasteiger partial charge in [0.25, 0.3) is 0 Å². The van der Waals surface area contributed by atoms with Crippen LogP contribution in [0.4, 0.5) is 0 Å². The zero-order chi connectivity index (χ0) is 14.4. The van der Waals surface area contributed by atoms with E-state index in [0.29, 0.717) is 4.88 Å². The molecule has 6 heteroatoms. The van der Waals surface area contributed by atoms with Gasteiger partial charge in [-0.3, -0.25) is 4.79 Å². The maximum atomic E-state index is 11.6. The summed E-state index contributed by atoms with van der Waals surface area (Å²) in [4.78, 5) is 23.2. The van der Waals surface area contributed by atoms with Crippen molar-refractivity contribution < 1.29 is 14.7 Å². The number of carbonyl (C=O) groups is 2. The quantitative estimate of drug-likeness (QED) is 0.653. The topological polar surface area (TPSA) is 78.8 Å². The number of hydrazone groups is 1. The Bertz CT molecular complexity index is 635. The zero-order valence-electron chi connectivity index (χ0n) is 10.4. The number of carbonyl (C=O) groups excluding carboxylic acids is 1. The van der Waals surface area contributed by atoms with Crippen LogP contribution in [-0.4, -0.2) is 23.2 Å². The Kier molecular flexibility index (Phi) is 4.62. The highest BCUT2D eigenvalue weighted by Crippen LogP contribution is 2.14. The average Bonchev–Trinajstić information content (AvgIpc) is 2.89. The fourth-order valence-electron chi connectivity index (χ4n) is 1.53. The number of benzene rings is 1. The molecule has 5 nitrogen and oxygen atoms in total. The summed E-state index contributed by atoms with van der Waals surface area (Å²) in [5, 5.41) is 12.6. The minimum atomic E-state index is -0.970. The molecule has 0 unspecified atom stereocenters. The summed E-state index contributed by atoms with van der Waals surface area (Å²) in [7, 11) is 0. The number of carboxylic acid groups (broad SMARTS) is 1. The Labute approximate surface area is 119 Å². The molecule has 0 aliphatic carbocycles. The maximum Gasteiger partial charge on any atom is 0.345 e. The average molecular weight is 288 g/mol. The second-order valence-electron chi connectivity index (χ2n) is 3.96. The van der Waals surface area contributed by atoms with E-state index >= 15 is 0 Å². The molecule has 1 aromatic heterocycles. The number of carboxylic acids is 1. The molecule has 0 radical (unpaired) electrons. The molecule has 0 aliphatic rings. The summed E-state index contributed by atoms with van der Waals surface area (Å²) in [6, 6.07) is 12.5. The first-order valence-corrected chi connectivity index (χ1v) is 6.66. The molecular formula is C14H12N2O3S. The van der Waals surface area contributed by atoms with Crippen molar-refractivity contribution in [1.82, 2.24) is 5.43 Å². The van der Waals surface area contributed by atoms with Crippen molar-refractivity contribution in [1.29, 1.82) is 0 Å². The Morgan fingerprint density at radius 1 is 1.20 bits per heavy atom. The molecular weight excluding hydrogens is 276 g/mol. The van der Waals surface area contributed by atoms with Gasteiger partial charge in [-0.1, -0.05) is 30.3 Å². The lowest BCUT2D eigenvalue weighted by Gasteiger charge is -1.99. The first kappa shape index (κ1) is 14.0. The number of thiophene rings is 1. The van der Waals surface area contributed by atoms with Gasteiger partial charge in [0.15, 0.2) is 0 Å². The predicted octanol–water partition coefficient (Wildman–Crippen LogP) is 2.14. The first-order chi connectivity index (χ1) is 9.65. The van der Waals surface area contributed by atoms with E-state index in [1.54, 1.807) is 6.07 Å². The standard InChI is InChI=1S/C14H12N2O3S/c17-13(8-10-4-2-1-3-5-10)16-15-9-11-6-7-12(20-11)14(18)19/h1-7,9H,8H2,(H,16,17)(H,18,19)/b15-9+. The van der Waals surface area contributed by atoms with Gasteiger partial charge in [-0.05, 0) is 17.7 Å². The Morgan fingerprint density at radius 3 is 2.60 bits per heavy atom. The number of rotatable bonds is 5. The Hall–Kier alpha value is -2.47. The number of nitrogens with zero attached hydrogens (tertiary/aromatic N) is 1. The van der Waals surface area contributed by atoms with E-state index in [-0.39, 0.29) is 17.2 Å². The van der Waals surface area contributed by atoms with Crippen LogP contribution in [0.25, 0.3) is 0 Å². The normalized spacial score (nSPS) is 10.6. The fourth-order valence-corrected chi connectivity index (χ4v) is 2.24. The molecule has 1 heterocycles. The number of amides is 1. The Morgan fingerprint density at radius 2 is 1.95 bits per heavy atom. The molecule has 0 saturated heterocycles. The van der Waals surface area contributed by atoms with Crippen molar-refractivity contribution in [3.8, 4) is 0 Å². The number of hydrogen-bond acceptors (Lipinski definition) is 4. The Balaban J connectivity index is 1.86. The van der Waals surface area contributed by atoms with Crippen LogP contribution in [0.3, 0.4) is 0 Å². The third kappa shape index (κ3) is 4.03. The molecule has 0 bridgehead atoms. The molecule has 102 valence electrons. The summed E-state index contributed by atoms with van der Waals surface area (Å²) in [6.07, 6.45) is 1.68. The monoisotopic (exact) mass is 288 g/mol. The van der Waals surface area contributed by atoms with E-state index in [4.69, 9.17) is 5.11 Å². The van der Waals surface area contributed by atoms with Crippen LogP contribution in [0.1, 0.15) is 20.1 Å². The first-order valence-electron chi connectivity index (χ1n) is 5.84.